The fourth-order valence-electron chi connectivity index (χ4n) is 1.77. The average Bonchev–Trinajstić information content (AvgIpc) is 2.15. The van der Waals surface area contributed by atoms with Crippen molar-refractivity contribution in [2.24, 2.45) is 11.7 Å². The first-order valence-corrected chi connectivity index (χ1v) is 5.99. The van der Waals surface area contributed by atoms with Crippen LogP contribution in [0.4, 0.5) is 0 Å². The van der Waals surface area contributed by atoms with E-state index in [9.17, 15) is 4.79 Å². The molecular formula is C12H27Cl2NO. The minimum absolute atomic E-state index is 0. The monoisotopic (exact) mass is 271 g/mol. The molecule has 0 aromatic heterocycles. The van der Waals surface area contributed by atoms with E-state index in [0.717, 1.165) is 6.42 Å². The maximum atomic E-state index is 10.7. The van der Waals surface area contributed by atoms with Gasteiger partial charge in [-0.3, -0.25) is 4.79 Å². The molecule has 0 aliphatic heterocycles. The summed E-state index contributed by atoms with van der Waals surface area (Å²) in [6.07, 6.45) is 9.35. The molecule has 0 heterocycles. The van der Waals surface area contributed by atoms with Gasteiger partial charge in [0.2, 0.25) is 5.91 Å². The molecule has 16 heavy (non-hydrogen) atoms. The maximum Gasteiger partial charge on any atom is 0.217 e. The lowest BCUT2D eigenvalue weighted by molar-refractivity contribution is -0.119. The van der Waals surface area contributed by atoms with Crippen LogP contribution in [0.2, 0.25) is 0 Å². The first-order chi connectivity index (χ1) is 6.70. The molecule has 2 nitrogen and oxygen atoms in total. The Balaban J connectivity index is -0.000000845. The lowest BCUT2D eigenvalue weighted by atomic mass is 9.95. The molecule has 1 unspecified atom stereocenters. The predicted octanol–water partition coefficient (Wildman–Crippen LogP) is 4.09. The number of rotatable bonds is 9. The fourth-order valence-corrected chi connectivity index (χ4v) is 1.77. The zero-order valence-corrected chi connectivity index (χ0v) is 12.2. The summed E-state index contributed by atoms with van der Waals surface area (Å²) in [6.45, 7) is 4.36. The van der Waals surface area contributed by atoms with E-state index < -0.39 is 0 Å². The van der Waals surface area contributed by atoms with Crippen molar-refractivity contribution in [3.05, 3.63) is 0 Å². The zero-order chi connectivity index (χ0) is 10.8. The number of carbonyl (C=O) groups is 1. The second kappa shape index (κ2) is 15.0. The Labute approximate surface area is 113 Å². The topological polar surface area (TPSA) is 43.1 Å². The van der Waals surface area contributed by atoms with Crippen LogP contribution in [0.25, 0.3) is 0 Å². The number of unbranched alkanes of at least 4 members (excludes halogenated alkanes) is 4. The fraction of sp³-hybridized carbons (Fsp3) is 0.917. The van der Waals surface area contributed by atoms with Crippen LogP contribution in [0.5, 0.6) is 0 Å². The van der Waals surface area contributed by atoms with Gasteiger partial charge in [0, 0.05) is 6.42 Å². The SMILES string of the molecule is CCCCCCCC(CC)CC(N)=O.Cl.Cl. The van der Waals surface area contributed by atoms with E-state index in [4.69, 9.17) is 5.73 Å². The maximum absolute atomic E-state index is 10.7. The number of carbonyl (C=O) groups excluding carboxylic acids is 1. The van der Waals surface area contributed by atoms with E-state index >= 15 is 0 Å². The normalized spacial score (nSPS) is 11.1. The molecule has 1 amide bonds. The van der Waals surface area contributed by atoms with E-state index in [0.29, 0.717) is 12.3 Å². The summed E-state index contributed by atoms with van der Waals surface area (Å²) in [6, 6.07) is 0. The van der Waals surface area contributed by atoms with Gasteiger partial charge in [-0.05, 0) is 12.3 Å². The van der Waals surface area contributed by atoms with Gasteiger partial charge in [0.1, 0.15) is 0 Å². The van der Waals surface area contributed by atoms with Crippen molar-refractivity contribution < 1.29 is 4.79 Å². The third-order valence-electron chi connectivity index (χ3n) is 2.78. The van der Waals surface area contributed by atoms with Gasteiger partial charge in [-0.1, -0.05) is 52.4 Å². The second-order valence-electron chi connectivity index (χ2n) is 4.15. The third kappa shape index (κ3) is 14.1. The highest BCUT2D eigenvalue weighted by Crippen LogP contribution is 2.17. The summed E-state index contributed by atoms with van der Waals surface area (Å²) in [5, 5.41) is 0. The van der Waals surface area contributed by atoms with Gasteiger partial charge >= 0.3 is 0 Å². The van der Waals surface area contributed by atoms with Crippen LogP contribution >= 0.6 is 24.8 Å². The molecule has 1 atom stereocenters. The lowest BCUT2D eigenvalue weighted by Crippen LogP contribution is -2.15. The van der Waals surface area contributed by atoms with Crippen LogP contribution in [0.3, 0.4) is 0 Å². The molecule has 0 saturated carbocycles. The van der Waals surface area contributed by atoms with Crippen LogP contribution in [0.15, 0.2) is 0 Å². The Morgan fingerprint density at radius 2 is 1.62 bits per heavy atom. The molecule has 100 valence electrons. The van der Waals surface area contributed by atoms with E-state index in [1.807, 2.05) is 0 Å². The molecule has 0 saturated heterocycles. The van der Waals surface area contributed by atoms with E-state index in [1.54, 1.807) is 0 Å². The average molecular weight is 272 g/mol. The number of hydrogen-bond donors (Lipinski definition) is 1. The third-order valence-corrected chi connectivity index (χ3v) is 2.78. The molecule has 0 radical (unpaired) electrons. The first kappa shape index (κ1) is 21.3. The van der Waals surface area contributed by atoms with Crippen LogP contribution in [0.1, 0.15) is 65.2 Å². The Kier molecular flexibility index (Phi) is 20.1. The van der Waals surface area contributed by atoms with Crippen LogP contribution in [-0.2, 0) is 4.79 Å². The largest absolute Gasteiger partial charge is 0.370 e. The Hall–Kier alpha value is 0.0500. The van der Waals surface area contributed by atoms with Crippen molar-refractivity contribution in [3.8, 4) is 0 Å². The molecule has 4 heteroatoms. The van der Waals surface area contributed by atoms with Gasteiger partial charge in [-0.2, -0.15) is 0 Å². The Morgan fingerprint density at radius 1 is 1.06 bits per heavy atom. The molecule has 0 fully saturated rings. The van der Waals surface area contributed by atoms with Gasteiger partial charge in [0.05, 0.1) is 0 Å². The quantitative estimate of drug-likeness (QED) is 0.631. The minimum Gasteiger partial charge on any atom is -0.370 e. The number of nitrogens with two attached hydrogens (primary N) is 1. The van der Waals surface area contributed by atoms with E-state index in [1.165, 1.54) is 38.5 Å². The van der Waals surface area contributed by atoms with Gasteiger partial charge in [-0.15, -0.1) is 24.8 Å². The summed E-state index contributed by atoms with van der Waals surface area (Å²) < 4.78 is 0. The molecule has 0 spiro atoms. The zero-order valence-electron chi connectivity index (χ0n) is 10.5. The van der Waals surface area contributed by atoms with Crippen LogP contribution in [0, 0.1) is 5.92 Å². The van der Waals surface area contributed by atoms with Crippen molar-refractivity contribution in [3.63, 3.8) is 0 Å². The van der Waals surface area contributed by atoms with Crippen LogP contribution in [-0.4, -0.2) is 5.91 Å². The molecule has 0 aliphatic rings. The van der Waals surface area contributed by atoms with Gasteiger partial charge in [-0.25, -0.2) is 0 Å². The van der Waals surface area contributed by atoms with Crippen molar-refractivity contribution in [1.82, 2.24) is 0 Å². The highest BCUT2D eigenvalue weighted by molar-refractivity contribution is 5.85. The molecule has 0 bridgehead atoms. The van der Waals surface area contributed by atoms with Crippen molar-refractivity contribution in [2.75, 3.05) is 0 Å². The Bertz CT molecular complexity index is 154. The number of primary amides is 1. The van der Waals surface area contributed by atoms with E-state index in [2.05, 4.69) is 13.8 Å². The van der Waals surface area contributed by atoms with Gasteiger partial charge < -0.3 is 5.73 Å². The molecule has 0 aliphatic carbocycles. The van der Waals surface area contributed by atoms with Crippen molar-refractivity contribution in [1.29, 1.82) is 0 Å². The standard InChI is InChI=1S/C12H25NO.2ClH/c1-3-5-6-7-8-9-11(4-2)10-12(13)14;;/h11H,3-10H2,1-2H3,(H2,13,14);2*1H. The van der Waals surface area contributed by atoms with Crippen LogP contribution < -0.4 is 5.73 Å². The number of halogens is 2. The summed E-state index contributed by atoms with van der Waals surface area (Å²) in [7, 11) is 0. The first-order valence-electron chi connectivity index (χ1n) is 5.99. The summed E-state index contributed by atoms with van der Waals surface area (Å²) in [5.74, 6) is 0.375. The molecular weight excluding hydrogens is 245 g/mol. The smallest absolute Gasteiger partial charge is 0.217 e. The summed E-state index contributed by atoms with van der Waals surface area (Å²) >= 11 is 0. The molecule has 0 aromatic rings. The number of hydrogen-bond acceptors (Lipinski definition) is 1. The van der Waals surface area contributed by atoms with Crippen molar-refractivity contribution >= 4 is 30.7 Å². The number of amides is 1. The lowest BCUT2D eigenvalue weighted by Gasteiger charge is -2.11. The molecule has 0 rings (SSSR count). The molecule has 0 aromatic carbocycles. The Morgan fingerprint density at radius 3 is 2.06 bits per heavy atom. The highest BCUT2D eigenvalue weighted by Gasteiger charge is 2.08. The van der Waals surface area contributed by atoms with Crippen molar-refractivity contribution in [2.45, 2.75) is 65.2 Å². The predicted molar refractivity (Wildman–Crippen MR) is 75.5 cm³/mol. The highest BCUT2D eigenvalue weighted by atomic mass is 35.5. The van der Waals surface area contributed by atoms with E-state index in [-0.39, 0.29) is 30.7 Å². The summed E-state index contributed by atoms with van der Waals surface area (Å²) in [4.78, 5) is 10.7. The summed E-state index contributed by atoms with van der Waals surface area (Å²) in [5.41, 5.74) is 5.18. The van der Waals surface area contributed by atoms with Gasteiger partial charge in [0.15, 0.2) is 0 Å². The molecule has 2 N–H and O–H groups in total. The second-order valence-corrected chi connectivity index (χ2v) is 4.15. The van der Waals surface area contributed by atoms with Gasteiger partial charge in [0.25, 0.3) is 0 Å². The minimum atomic E-state index is -0.148.